The highest BCUT2D eigenvalue weighted by Crippen LogP contribution is 2.37. The van der Waals surface area contributed by atoms with Crippen molar-refractivity contribution in [3.63, 3.8) is 0 Å². The molecule has 1 heterocycles. The van der Waals surface area contributed by atoms with E-state index in [1.165, 1.54) is 11.8 Å². The first kappa shape index (κ1) is 25.1. The summed E-state index contributed by atoms with van der Waals surface area (Å²) in [7, 11) is 0. The molecule has 0 spiro atoms. The summed E-state index contributed by atoms with van der Waals surface area (Å²) >= 11 is 6.50. The molecule has 7 nitrogen and oxygen atoms in total. The van der Waals surface area contributed by atoms with Gasteiger partial charge >= 0.3 is 5.91 Å². The average molecular weight is 507 g/mol. The van der Waals surface area contributed by atoms with Gasteiger partial charge in [0.1, 0.15) is 17.9 Å². The van der Waals surface area contributed by atoms with Gasteiger partial charge in [0, 0.05) is 5.39 Å². The summed E-state index contributed by atoms with van der Waals surface area (Å²) in [6.45, 7) is 7.17. The van der Waals surface area contributed by atoms with Crippen molar-refractivity contribution < 1.29 is 23.4 Å². The number of furan rings is 1. The van der Waals surface area contributed by atoms with E-state index in [0.717, 1.165) is 10.9 Å². The molecule has 3 aromatic carbocycles. The van der Waals surface area contributed by atoms with Crippen molar-refractivity contribution >= 4 is 34.7 Å². The summed E-state index contributed by atoms with van der Waals surface area (Å²) in [5.74, 6) is 1.32. The highest BCUT2D eigenvalue weighted by atomic mass is 35.5. The van der Waals surface area contributed by atoms with Crippen molar-refractivity contribution in [2.24, 2.45) is 5.10 Å². The molecule has 0 bridgehead atoms. The minimum Gasteiger partial charge on any atom is -0.494 e. The molecule has 8 heteroatoms. The highest BCUT2D eigenvalue weighted by molar-refractivity contribution is 6.32. The molecular weight excluding hydrogens is 480 g/mol. The smallest absolute Gasteiger partial charge is 0.307 e. The number of carbonyl (C=O) groups is 1. The fourth-order valence-electron chi connectivity index (χ4n) is 3.52. The van der Waals surface area contributed by atoms with E-state index in [9.17, 15) is 4.79 Å². The van der Waals surface area contributed by atoms with Crippen LogP contribution in [0.3, 0.4) is 0 Å². The fourth-order valence-corrected chi connectivity index (χ4v) is 3.79. The van der Waals surface area contributed by atoms with Crippen molar-refractivity contribution in [3.05, 3.63) is 88.1 Å². The van der Waals surface area contributed by atoms with Gasteiger partial charge in [0.05, 0.1) is 24.5 Å². The lowest BCUT2D eigenvalue weighted by Crippen LogP contribution is -2.16. The number of halogens is 1. The predicted octanol–water partition coefficient (Wildman–Crippen LogP) is 6.53. The third-order valence-corrected chi connectivity index (χ3v) is 5.52. The number of hydrazone groups is 1. The first-order valence-corrected chi connectivity index (χ1v) is 12.0. The van der Waals surface area contributed by atoms with Crippen LogP contribution in [0.4, 0.5) is 0 Å². The molecule has 0 aliphatic rings. The number of benzene rings is 3. The normalized spacial score (nSPS) is 11.1. The van der Waals surface area contributed by atoms with Crippen LogP contribution >= 0.6 is 11.6 Å². The molecule has 4 aromatic rings. The van der Waals surface area contributed by atoms with E-state index in [-0.39, 0.29) is 5.76 Å². The lowest BCUT2D eigenvalue weighted by Gasteiger charge is -2.14. The number of rotatable bonds is 10. The second kappa shape index (κ2) is 11.6. The topological polar surface area (TPSA) is 82.3 Å². The van der Waals surface area contributed by atoms with Gasteiger partial charge in [-0.05, 0) is 68.3 Å². The summed E-state index contributed by atoms with van der Waals surface area (Å²) in [5, 5.41) is 5.19. The Morgan fingerprint density at radius 3 is 2.53 bits per heavy atom. The van der Waals surface area contributed by atoms with Gasteiger partial charge < -0.3 is 18.6 Å². The Bertz CT molecular complexity index is 1380. The summed E-state index contributed by atoms with van der Waals surface area (Å²) < 4.78 is 22.8. The number of fused-ring (bicyclic) bond motifs is 1. The molecule has 1 aromatic heterocycles. The van der Waals surface area contributed by atoms with E-state index in [1.807, 2.05) is 51.1 Å². The zero-order chi connectivity index (χ0) is 25.5. The van der Waals surface area contributed by atoms with Crippen LogP contribution in [0.5, 0.6) is 17.2 Å². The van der Waals surface area contributed by atoms with Crippen molar-refractivity contribution in [3.8, 4) is 17.2 Å². The Kier molecular flexibility index (Phi) is 8.13. The third-order valence-electron chi connectivity index (χ3n) is 5.24. The van der Waals surface area contributed by atoms with Crippen LogP contribution in [0.15, 0.2) is 70.2 Å². The minimum atomic E-state index is -0.477. The Morgan fingerprint density at radius 2 is 1.78 bits per heavy atom. The molecule has 186 valence electrons. The number of aryl methyl sites for hydroxylation is 1. The SMILES string of the molecule is CCOc1ccc2oc(C(=O)N/N=C/c3cc(Cl)c(OCc4ccc(C)cc4)c(OCC)c3)cc2c1. The number of nitrogens with zero attached hydrogens (tertiary/aromatic N) is 1. The summed E-state index contributed by atoms with van der Waals surface area (Å²) in [6, 6.07) is 18.5. The summed E-state index contributed by atoms with van der Waals surface area (Å²) in [6.07, 6.45) is 1.48. The molecule has 0 atom stereocenters. The van der Waals surface area contributed by atoms with Crippen LogP contribution in [0.2, 0.25) is 5.02 Å². The maximum Gasteiger partial charge on any atom is 0.307 e. The molecule has 4 rings (SSSR count). The standard InChI is InChI=1S/C28H27ClN2O5/c1-4-33-22-10-11-24-21(14-22)15-26(36-24)28(32)31-30-16-20-12-23(29)27(25(13-20)34-5-2)35-17-19-8-6-18(3)7-9-19/h6-16H,4-5,17H2,1-3H3,(H,31,32)/b30-16+. The first-order chi connectivity index (χ1) is 17.5. The van der Waals surface area contributed by atoms with E-state index in [1.54, 1.807) is 30.3 Å². The van der Waals surface area contributed by atoms with E-state index < -0.39 is 5.91 Å². The summed E-state index contributed by atoms with van der Waals surface area (Å²) in [5.41, 5.74) is 5.90. The number of nitrogens with one attached hydrogen (secondary N) is 1. The van der Waals surface area contributed by atoms with Crippen LogP contribution in [0.25, 0.3) is 11.0 Å². The van der Waals surface area contributed by atoms with Crippen molar-refractivity contribution in [2.75, 3.05) is 13.2 Å². The molecule has 0 unspecified atom stereocenters. The maximum absolute atomic E-state index is 12.5. The first-order valence-electron chi connectivity index (χ1n) is 11.6. The lowest BCUT2D eigenvalue weighted by molar-refractivity contribution is 0.0929. The molecule has 0 radical (unpaired) electrons. The Balaban J connectivity index is 1.44. The van der Waals surface area contributed by atoms with E-state index in [0.29, 0.717) is 53.2 Å². The third kappa shape index (κ3) is 6.17. The highest BCUT2D eigenvalue weighted by Gasteiger charge is 2.14. The Hall–Kier alpha value is -3.97. The zero-order valence-corrected chi connectivity index (χ0v) is 21.1. The number of hydrogen-bond acceptors (Lipinski definition) is 6. The number of ether oxygens (including phenoxy) is 3. The Labute approximate surface area is 214 Å². The quantitative estimate of drug-likeness (QED) is 0.195. The zero-order valence-electron chi connectivity index (χ0n) is 20.3. The van der Waals surface area contributed by atoms with Crippen LogP contribution in [0, 0.1) is 6.92 Å². The molecule has 1 amide bonds. The molecular formula is C28H27ClN2O5. The van der Waals surface area contributed by atoms with E-state index >= 15 is 0 Å². The Morgan fingerprint density at radius 1 is 1.00 bits per heavy atom. The number of amides is 1. The van der Waals surface area contributed by atoms with Crippen LogP contribution in [0.1, 0.15) is 41.1 Å². The summed E-state index contributed by atoms with van der Waals surface area (Å²) in [4.78, 5) is 12.5. The van der Waals surface area contributed by atoms with E-state index in [2.05, 4.69) is 10.5 Å². The van der Waals surface area contributed by atoms with Gasteiger partial charge in [0.25, 0.3) is 0 Å². The number of hydrogen-bond donors (Lipinski definition) is 1. The fraction of sp³-hybridized carbons (Fsp3) is 0.214. The predicted molar refractivity (Wildman–Crippen MR) is 141 cm³/mol. The molecule has 1 N–H and O–H groups in total. The van der Waals surface area contributed by atoms with Gasteiger partial charge in [-0.1, -0.05) is 41.4 Å². The van der Waals surface area contributed by atoms with Gasteiger partial charge in [-0.15, -0.1) is 0 Å². The van der Waals surface area contributed by atoms with Gasteiger partial charge in [0.2, 0.25) is 0 Å². The van der Waals surface area contributed by atoms with Crippen LogP contribution in [-0.4, -0.2) is 25.3 Å². The van der Waals surface area contributed by atoms with Crippen molar-refractivity contribution in [2.45, 2.75) is 27.4 Å². The van der Waals surface area contributed by atoms with Gasteiger partial charge in [-0.3, -0.25) is 4.79 Å². The van der Waals surface area contributed by atoms with Gasteiger partial charge in [0.15, 0.2) is 17.3 Å². The second-order valence-electron chi connectivity index (χ2n) is 7.98. The maximum atomic E-state index is 12.5. The van der Waals surface area contributed by atoms with Gasteiger partial charge in [-0.25, -0.2) is 5.43 Å². The molecule has 36 heavy (non-hydrogen) atoms. The second-order valence-corrected chi connectivity index (χ2v) is 8.39. The van der Waals surface area contributed by atoms with Crippen molar-refractivity contribution in [1.82, 2.24) is 5.43 Å². The molecule has 0 saturated carbocycles. The largest absolute Gasteiger partial charge is 0.494 e. The monoisotopic (exact) mass is 506 g/mol. The average Bonchev–Trinajstić information content (AvgIpc) is 3.29. The van der Waals surface area contributed by atoms with Gasteiger partial charge in [-0.2, -0.15) is 5.10 Å². The molecule has 0 fully saturated rings. The number of carbonyl (C=O) groups excluding carboxylic acids is 1. The molecule has 0 aliphatic heterocycles. The lowest BCUT2D eigenvalue weighted by atomic mass is 10.1. The molecule has 0 aliphatic carbocycles. The van der Waals surface area contributed by atoms with Crippen LogP contribution in [-0.2, 0) is 6.61 Å². The van der Waals surface area contributed by atoms with Crippen LogP contribution < -0.4 is 19.6 Å². The van der Waals surface area contributed by atoms with Crippen molar-refractivity contribution in [1.29, 1.82) is 0 Å². The minimum absolute atomic E-state index is 0.142. The molecule has 0 saturated heterocycles. The van der Waals surface area contributed by atoms with E-state index in [4.69, 9.17) is 30.2 Å².